The fraction of sp³-hybridized carbons (Fsp3) is 0.947. The standard InChI is InChI=1S/C19H38N2O3S/c1-5-8-9-14-21(17(4)11-6-2)19(22)18-12-10-13-20(16-18)25(23,24)15-7-3/h17-18H,5-16H2,1-4H3. The average molecular weight is 375 g/mol. The summed E-state index contributed by atoms with van der Waals surface area (Å²) in [5.41, 5.74) is 0. The normalized spacial score (nSPS) is 20.4. The second-order valence-electron chi connectivity index (χ2n) is 7.39. The zero-order valence-corrected chi connectivity index (χ0v) is 17.5. The number of hydrogen-bond donors (Lipinski definition) is 0. The molecule has 5 nitrogen and oxygen atoms in total. The molecular formula is C19H38N2O3S. The van der Waals surface area contributed by atoms with Gasteiger partial charge in [-0.05, 0) is 39.0 Å². The van der Waals surface area contributed by atoms with E-state index in [4.69, 9.17) is 0 Å². The van der Waals surface area contributed by atoms with Crippen LogP contribution in [0.5, 0.6) is 0 Å². The Morgan fingerprint density at radius 1 is 1.16 bits per heavy atom. The Bertz CT molecular complexity index is 493. The predicted molar refractivity (Wildman–Crippen MR) is 104 cm³/mol. The molecular weight excluding hydrogens is 336 g/mol. The summed E-state index contributed by atoms with van der Waals surface area (Å²) < 4.78 is 26.3. The van der Waals surface area contributed by atoms with Gasteiger partial charge in [0.15, 0.2) is 0 Å². The summed E-state index contributed by atoms with van der Waals surface area (Å²) in [6.45, 7) is 10.0. The van der Waals surface area contributed by atoms with Gasteiger partial charge in [-0.15, -0.1) is 0 Å². The zero-order valence-electron chi connectivity index (χ0n) is 16.7. The molecule has 0 radical (unpaired) electrons. The third kappa shape index (κ3) is 6.89. The van der Waals surface area contributed by atoms with Gasteiger partial charge in [-0.3, -0.25) is 4.79 Å². The average Bonchev–Trinajstić information content (AvgIpc) is 2.58. The van der Waals surface area contributed by atoms with E-state index in [-0.39, 0.29) is 23.6 Å². The maximum atomic E-state index is 13.1. The van der Waals surface area contributed by atoms with Crippen LogP contribution in [0.2, 0.25) is 0 Å². The van der Waals surface area contributed by atoms with Crippen molar-refractivity contribution in [3.63, 3.8) is 0 Å². The number of sulfonamides is 1. The fourth-order valence-corrected chi connectivity index (χ4v) is 5.26. The molecule has 6 heteroatoms. The Morgan fingerprint density at radius 2 is 1.88 bits per heavy atom. The van der Waals surface area contributed by atoms with Crippen molar-refractivity contribution in [3.05, 3.63) is 0 Å². The quantitative estimate of drug-likeness (QED) is 0.519. The largest absolute Gasteiger partial charge is 0.340 e. The molecule has 25 heavy (non-hydrogen) atoms. The third-order valence-corrected chi connectivity index (χ3v) is 7.16. The lowest BCUT2D eigenvalue weighted by Gasteiger charge is -2.37. The summed E-state index contributed by atoms with van der Waals surface area (Å²) in [7, 11) is -3.21. The van der Waals surface area contributed by atoms with Crippen molar-refractivity contribution in [2.75, 3.05) is 25.4 Å². The molecule has 1 amide bonds. The van der Waals surface area contributed by atoms with Gasteiger partial charge in [0.25, 0.3) is 0 Å². The molecule has 1 saturated heterocycles. The summed E-state index contributed by atoms with van der Waals surface area (Å²) in [5, 5.41) is 0. The summed E-state index contributed by atoms with van der Waals surface area (Å²) in [5.74, 6) is 0.162. The van der Waals surface area contributed by atoms with Gasteiger partial charge in [0, 0.05) is 25.7 Å². The van der Waals surface area contributed by atoms with Crippen molar-refractivity contribution in [3.8, 4) is 0 Å². The molecule has 1 fully saturated rings. The van der Waals surface area contributed by atoms with Crippen LogP contribution in [0.3, 0.4) is 0 Å². The number of nitrogens with zero attached hydrogens (tertiary/aromatic N) is 2. The van der Waals surface area contributed by atoms with E-state index in [0.29, 0.717) is 19.5 Å². The number of amides is 1. The molecule has 0 N–H and O–H groups in total. The van der Waals surface area contributed by atoms with E-state index in [2.05, 4.69) is 20.8 Å². The number of unbranched alkanes of at least 4 members (excludes halogenated alkanes) is 2. The topological polar surface area (TPSA) is 57.7 Å². The number of piperidine rings is 1. The van der Waals surface area contributed by atoms with Crippen LogP contribution in [0.25, 0.3) is 0 Å². The van der Waals surface area contributed by atoms with E-state index in [1.165, 1.54) is 0 Å². The highest BCUT2D eigenvalue weighted by Crippen LogP contribution is 2.24. The van der Waals surface area contributed by atoms with E-state index >= 15 is 0 Å². The van der Waals surface area contributed by atoms with E-state index in [1.54, 1.807) is 4.31 Å². The summed E-state index contributed by atoms with van der Waals surface area (Å²) in [6, 6.07) is 0.233. The molecule has 0 aliphatic carbocycles. The van der Waals surface area contributed by atoms with Crippen molar-refractivity contribution in [2.45, 2.75) is 85.1 Å². The van der Waals surface area contributed by atoms with Crippen LogP contribution < -0.4 is 0 Å². The second kappa shape index (κ2) is 11.2. The lowest BCUT2D eigenvalue weighted by molar-refractivity contribution is -0.139. The van der Waals surface area contributed by atoms with Gasteiger partial charge in [-0.2, -0.15) is 0 Å². The minimum absolute atomic E-state index is 0.161. The highest BCUT2D eigenvalue weighted by molar-refractivity contribution is 7.89. The Balaban J connectivity index is 2.80. The Kier molecular flexibility index (Phi) is 10.0. The summed E-state index contributed by atoms with van der Waals surface area (Å²) >= 11 is 0. The SMILES string of the molecule is CCCCCN(C(=O)C1CCCN(S(=O)(=O)CCC)C1)C(C)CCC. The van der Waals surface area contributed by atoms with Crippen LogP contribution in [0.15, 0.2) is 0 Å². The van der Waals surface area contributed by atoms with Gasteiger partial charge >= 0.3 is 0 Å². The van der Waals surface area contributed by atoms with E-state index in [0.717, 1.165) is 51.5 Å². The smallest absolute Gasteiger partial charge is 0.227 e. The molecule has 2 atom stereocenters. The van der Waals surface area contributed by atoms with Gasteiger partial charge in [-0.1, -0.05) is 40.0 Å². The molecule has 0 saturated carbocycles. The molecule has 1 aliphatic rings. The first-order valence-corrected chi connectivity index (χ1v) is 11.8. The molecule has 1 heterocycles. The molecule has 0 aromatic carbocycles. The van der Waals surface area contributed by atoms with Gasteiger partial charge in [0.1, 0.15) is 0 Å². The fourth-order valence-electron chi connectivity index (χ4n) is 3.67. The number of carbonyl (C=O) groups excluding carboxylic acids is 1. The van der Waals surface area contributed by atoms with Crippen molar-refractivity contribution >= 4 is 15.9 Å². The van der Waals surface area contributed by atoms with Crippen LogP contribution >= 0.6 is 0 Å². The van der Waals surface area contributed by atoms with Crippen molar-refractivity contribution < 1.29 is 13.2 Å². The minimum atomic E-state index is -3.21. The molecule has 1 rings (SSSR count). The maximum absolute atomic E-state index is 13.1. The summed E-state index contributed by atoms with van der Waals surface area (Å²) in [6.07, 6.45) is 7.56. The van der Waals surface area contributed by atoms with Crippen LogP contribution in [0.1, 0.15) is 79.1 Å². The number of rotatable bonds is 11. The van der Waals surface area contributed by atoms with Crippen molar-refractivity contribution in [2.24, 2.45) is 5.92 Å². The first-order chi connectivity index (χ1) is 11.9. The minimum Gasteiger partial charge on any atom is -0.340 e. The van der Waals surface area contributed by atoms with Crippen LogP contribution in [-0.4, -0.2) is 55.0 Å². The lowest BCUT2D eigenvalue weighted by atomic mass is 9.96. The molecule has 1 aliphatic heterocycles. The van der Waals surface area contributed by atoms with E-state index in [9.17, 15) is 13.2 Å². The van der Waals surface area contributed by atoms with Crippen molar-refractivity contribution in [1.29, 1.82) is 0 Å². The monoisotopic (exact) mass is 374 g/mol. The molecule has 0 bridgehead atoms. The third-order valence-electron chi connectivity index (χ3n) is 5.11. The van der Waals surface area contributed by atoms with Crippen LogP contribution in [0, 0.1) is 5.92 Å². The van der Waals surface area contributed by atoms with Gasteiger partial charge in [0.2, 0.25) is 15.9 Å². The molecule has 148 valence electrons. The molecule has 0 spiro atoms. The summed E-state index contributed by atoms with van der Waals surface area (Å²) in [4.78, 5) is 15.2. The highest BCUT2D eigenvalue weighted by Gasteiger charge is 2.34. The van der Waals surface area contributed by atoms with Crippen LogP contribution in [-0.2, 0) is 14.8 Å². The lowest BCUT2D eigenvalue weighted by Crippen LogP contribution is -2.49. The molecule has 0 aromatic heterocycles. The van der Waals surface area contributed by atoms with E-state index in [1.807, 2.05) is 11.8 Å². The molecule has 0 aromatic rings. The maximum Gasteiger partial charge on any atom is 0.227 e. The number of hydrogen-bond acceptors (Lipinski definition) is 3. The number of carbonyl (C=O) groups is 1. The Hall–Kier alpha value is -0.620. The first kappa shape index (κ1) is 22.4. The van der Waals surface area contributed by atoms with Gasteiger partial charge < -0.3 is 4.90 Å². The van der Waals surface area contributed by atoms with Crippen molar-refractivity contribution in [1.82, 2.24) is 9.21 Å². The Labute approximate surface area is 155 Å². The van der Waals surface area contributed by atoms with E-state index < -0.39 is 10.0 Å². The highest BCUT2D eigenvalue weighted by atomic mass is 32.2. The first-order valence-electron chi connectivity index (χ1n) is 10.2. The Morgan fingerprint density at radius 3 is 2.48 bits per heavy atom. The predicted octanol–water partition coefficient (Wildman–Crippen LogP) is 3.65. The second-order valence-corrected chi connectivity index (χ2v) is 9.48. The van der Waals surface area contributed by atoms with Gasteiger partial charge in [-0.25, -0.2) is 12.7 Å². The van der Waals surface area contributed by atoms with Crippen LogP contribution in [0.4, 0.5) is 0 Å². The zero-order chi connectivity index (χ0) is 18.9. The van der Waals surface area contributed by atoms with Gasteiger partial charge in [0.05, 0.1) is 11.7 Å². The molecule has 2 unspecified atom stereocenters.